The summed E-state index contributed by atoms with van der Waals surface area (Å²) in [6.07, 6.45) is 3.08. The first-order chi connectivity index (χ1) is 7.85. The van der Waals surface area contributed by atoms with Crippen molar-refractivity contribution in [2.24, 2.45) is 10.4 Å². The van der Waals surface area contributed by atoms with Gasteiger partial charge in [-0.3, -0.25) is 4.79 Å². The summed E-state index contributed by atoms with van der Waals surface area (Å²) in [5.74, 6) is 0.133. The molecule has 0 saturated carbocycles. The third-order valence-electron chi connectivity index (χ3n) is 3.21. The van der Waals surface area contributed by atoms with Crippen molar-refractivity contribution >= 4 is 12.0 Å². The fourth-order valence-electron chi connectivity index (χ4n) is 1.94. The number of hydrogen-bond acceptors (Lipinski definition) is 3. The van der Waals surface area contributed by atoms with Crippen LogP contribution >= 0.6 is 0 Å². The molecule has 0 aromatic heterocycles. The van der Waals surface area contributed by atoms with Gasteiger partial charge in [0.25, 0.3) is 0 Å². The molecule has 0 bridgehead atoms. The summed E-state index contributed by atoms with van der Waals surface area (Å²) in [7, 11) is 0. The van der Waals surface area contributed by atoms with Crippen molar-refractivity contribution in [1.29, 1.82) is 0 Å². The van der Waals surface area contributed by atoms with Crippen LogP contribution in [-0.4, -0.2) is 36.0 Å². The van der Waals surface area contributed by atoms with Crippen molar-refractivity contribution in [3.63, 3.8) is 0 Å². The summed E-state index contributed by atoms with van der Waals surface area (Å²) in [6, 6.07) is -0.322. The Morgan fingerprint density at radius 1 is 1.65 bits per heavy atom. The quantitative estimate of drug-likeness (QED) is 0.425. The van der Waals surface area contributed by atoms with E-state index in [1.165, 1.54) is 0 Å². The second-order valence-corrected chi connectivity index (χ2v) is 5.51. The summed E-state index contributed by atoms with van der Waals surface area (Å²) in [5, 5.41) is 0. The largest absolute Gasteiger partial charge is 0.340 e. The Morgan fingerprint density at radius 2 is 2.29 bits per heavy atom. The van der Waals surface area contributed by atoms with E-state index in [0.717, 1.165) is 18.5 Å². The van der Waals surface area contributed by atoms with Crippen molar-refractivity contribution in [3.8, 4) is 0 Å². The van der Waals surface area contributed by atoms with Gasteiger partial charge >= 0.3 is 0 Å². The molecule has 1 aliphatic heterocycles. The van der Waals surface area contributed by atoms with E-state index in [1.807, 2.05) is 6.92 Å². The van der Waals surface area contributed by atoms with Crippen molar-refractivity contribution in [2.75, 3.05) is 13.1 Å². The first-order valence-electron chi connectivity index (χ1n) is 5.86. The average molecular weight is 236 g/mol. The topological polar surface area (TPSA) is 49.7 Å². The fourth-order valence-corrected chi connectivity index (χ4v) is 1.94. The van der Waals surface area contributed by atoms with E-state index in [0.29, 0.717) is 13.0 Å². The molecule has 0 unspecified atom stereocenters. The van der Waals surface area contributed by atoms with Gasteiger partial charge in [0, 0.05) is 19.5 Å². The van der Waals surface area contributed by atoms with Gasteiger partial charge in [-0.15, -0.1) is 0 Å². The van der Waals surface area contributed by atoms with Crippen LogP contribution in [0.3, 0.4) is 0 Å². The zero-order valence-electron chi connectivity index (χ0n) is 10.8. The van der Waals surface area contributed by atoms with Crippen LogP contribution in [0.15, 0.2) is 17.1 Å². The van der Waals surface area contributed by atoms with Crippen molar-refractivity contribution in [1.82, 2.24) is 4.90 Å². The lowest BCUT2D eigenvalue weighted by molar-refractivity contribution is -0.137. The number of hydrogen-bond donors (Lipinski definition) is 0. The minimum atomic E-state index is -0.322. The van der Waals surface area contributed by atoms with Gasteiger partial charge in [0.1, 0.15) is 6.04 Å². The van der Waals surface area contributed by atoms with E-state index in [-0.39, 0.29) is 17.4 Å². The van der Waals surface area contributed by atoms with Gasteiger partial charge in [-0.05, 0) is 18.8 Å². The highest BCUT2D eigenvalue weighted by Gasteiger charge is 2.32. The number of isocyanates is 1. The van der Waals surface area contributed by atoms with Crippen LogP contribution in [0.4, 0.5) is 0 Å². The number of piperidine rings is 1. The lowest BCUT2D eigenvalue weighted by Crippen LogP contribution is -2.45. The normalized spacial score (nSPS) is 20.6. The maximum Gasteiger partial charge on any atom is 0.235 e. The summed E-state index contributed by atoms with van der Waals surface area (Å²) in [6.45, 7) is 11.0. The second kappa shape index (κ2) is 5.28. The van der Waals surface area contributed by atoms with Gasteiger partial charge in [0.05, 0.1) is 0 Å². The highest BCUT2D eigenvalue weighted by atomic mass is 16.2. The van der Waals surface area contributed by atoms with Crippen molar-refractivity contribution < 1.29 is 9.59 Å². The fraction of sp³-hybridized carbons (Fsp3) is 0.692. The van der Waals surface area contributed by atoms with E-state index in [1.54, 1.807) is 11.0 Å². The predicted molar refractivity (Wildman–Crippen MR) is 66.3 cm³/mol. The van der Waals surface area contributed by atoms with Gasteiger partial charge in [0.15, 0.2) is 0 Å². The standard InChI is InChI=1S/C13H20N2O2/c1-10(2)11(14-9-16)8-15-6-5-13(3,4)7-12(15)17/h11H,1,5-8H2,2-4H3/t11-/m1/s1. The van der Waals surface area contributed by atoms with Crippen LogP contribution in [0.5, 0.6) is 0 Å². The highest BCUT2D eigenvalue weighted by Crippen LogP contribution is 2.30. The van der Waals surface area contributed by atoms with Gasteiger partial charge in [-0.1, -0.05) is 26.0 Å². The molecule has 1 heterocycles. The molecule has 1 saturated heterocycles. The number of rotatable bonds is 4. The molecule has 0 radical (unpaired) electrons. The smallest absolute Gasteiger partial charge is 0.235 e. The first kappa shape index (κ1) is 13.7. The third kappa shape index (κ3) is 3.82. The Hall–Kier alpha value is -1.41. The molecule has 1 rings (SSSR count). The SMILES string of the molecule is C=C(C)[C@@H](CN1CCC(C)(C)CC1=O)N=C=O. The van der Waals surface area contributed by atoms with Crippen molar-refractivity contribution in [2.45, 2.75) is 39.7 Å². The van der Waals surface area contributed by atoms with Crippen LogP contribution in [-0.2, 0) is 9.59 Å². The third-order valence-corrected chi connectivity index (χ3v) is 3.21. The van der Waals surface area contributed by atoms with Crippen LogP contribution in [0.2, 0.25) is 0 Å². The molecule has 4 nitrogen and oxygen atoms in total. The van der Waals surface area contributed by atoms with Gasteiger partial charge in [-0.25, -0.2) is 4.79 Å². The Bertz CT molecular complexity index is 366. The first-order valence-corrected chi connectivity index (χ1v) is 5.86. The van der Waals surface area contributed by atoms with Crippen LogP contribution in [0.25, 0.3) is 0 Å². The van der Waals surface area contributed by atoms with E-state index in [9.17, 15) is 9.59 Å². The molecule has 0 aromatic carbocycles. The molecule has 1 aliphatic rings. The number of nitrogens with zero attached hydrogens (tertiary/aromatic N) is 2. The summed E-state index contributed by atoms with van der Waals surface area (Å²) in [4.78, 5) is 27.7. The van der Waals surface area contributed by atoms with Crippen LogP contribution in [0, 0.1) is 5.41 Å². The highest BCUT2D eigenvalue weighted by molar-refractivity contribution is 5.77. The molecular formula is C13H20N2O2. The molecule has 1 amide bonds. The number of likely N-dealkylation sites (tertiary alicyclic amines) is 1. The van der Waals surface area contributed by atoms with E-state index < -0.39 is 0 Å². The maximum atomic E-state index is 11.9. The lowest BCUT2D eigenvalue weighted by atomic mass is 9.82. The van der Waals surface area contributed by atoms with E-state index in [2.05, 4.69) is 25.4 Å². The number of aliphatic imine (C=N–C) groups is 1. The number of carbonyl (C=O) groups is 1. The molecular weight excluding hydrogens is 216 g/mol. The van der Waals surface area contributed by atoms with Gasteiger partial charge in [-0.2, -0.15) is 4.99 Å². The molecule has 1 atom stereocenters. The summed E-state index contributed by atoms with van der Waals surface area (Å²) >= 11 is 0. The Balaban J connectivity index is 2.66. The number of amides is 1. The van der Waals surface area contributed by atoms with Crippen molar-refractivity contribution in [3.05, 3.63) is 12.2 Å². The Labute approximate surface area is 102 Å². The molecule has 1 fully saturated rings. The molecule has 0 spiro atoms. The lowest BCUT2D eigenvalue weighted by Gasteiger charge is -2.37. The molecule has 94 valence electrons. The second-order valence-electron chi connectivity index (χ2n) is 5.51. The molecule has 0 N–H and O–H groups in total. The predicted octanol–water partition coefficient (Wildman–Crippen LogP) is 1.92. The summed E-state index contributed by atoms with van der Waals surface area (Å²) in [5.41, 5.74) is 0.867. The van der Waals surface area contributed by atoms with Crippen LogP contribution < -0.4 is 0 Å². The monoisotopic (exact) mass is 236 g/mol. The minimum absolute atomic E-state index is 0.0836. The molecule has 17 heavy (non-hydrogen) atoms. The molecule has 0 aliphatic carbocycles. The van der Waals surface area contributed by atoms with Gasteiger partial charge < -0.3 is 4.90 Å². The zero-order chi connectivity index (χ0) is 13.1. The average Bonchev–Trinajstić information content (AvgIpc) is 2.19. The Morgan fingerprint density at radius 3 is 2.76 bits per heavy atom. The minimum Gasteiger partial charge on any atom is -0.340 e. The zero-order valence-corrected chi connectivity index (χ0v) is 10.8. The summed E-state index contributed by atoms with van der Waals surface area (Å²) < 4.78 is 0. The van der Waals surface area contributed by atoms with Gasteiger partial charge in [0.2, 0.25) is 12.0 Å². The van der Waals surface area contributed by atoms with E-state index in [4.69, 9.17) is 0 Å². The van der Waals surface area contributed by atoms with Crippen LogP contribution in [0.1, 0.15) is 33.6 Å². The molecule has 0 aromatic rings. The maximum absolute atomic E-state index is 11.9. The molecule has 4 heteroatoms. The Kier molecular flexibility index (Phi) is 4.24. The van der Waals surface area contributed by atoms with E-state index >= 15 is 0 Å². The number of carbonyl (C=O) groups excluding carboxylic acids is 2.